The van der Waals surface area contributed by atoms with Gasteiger partial charge >= 0.3 is 0 Å². The molecule has 5 nitrogen and oxygen atoms in total. The Balaban J connectivity index is 1.10. The monoisotopic (exact) mass is 462 g/mol. The van der Waals surface area contributed by atoms with Crippen molar-refractivity contribution < 1.29 is 14.4 Å². The van der Waals surface area contributed by atoms with Crippen molar-refractivity contribution in [3.63, 3.8) is 0 Å². The van der Waals surface area contributed by atoms with Gasteiger partial charge in [-0.05, 0) is 88.9 Å². The molecule has 4 aliphatic carbocycles. The summed E-state index contributed by atoms with van der Waals surface area (Å²) in [6.45, 7) is 4.01. The fraction of sp³-hybridized carbons (Fsp3) is 0.690. The smallest absolute Gasteiger partial charge is 0.245 e. The lowest BCUT2D eigenvalue weighted by molar-refractivity contribution is -0.162. The van der Waals surface area contributed by atoms with Gasteiger partial charge in [-0.25, -0.2) is 0 Å². The Kier molecular flexibility index (Phi) is 5.57. The largest absolute Gasteiger partial charge is 0.341 e. The molecule has 2 aliphatic heterocycles. The second-order valence-corrected chi connectivity index (χ2v) is 12.2. The predicted octanol–water partition coefficient (Wildman–Crippen LogP) is 4.62. The number of nitrogens with zero attached hydrogens (tertiary/aromatic N) is 2. The van der Waals surface area contributed by atoms with Crippen LogP contribution in [0.2, 0.25) is 0 Å². The highest BCUT2D eigenvalue weighted by atomic mass is 16.2. The molecule has 2 amide bonds. The van der Waals surface area contributed by atoms with E-state index in [0.29, 0.717) is 31.8 Å². The van der Waals surface area contributed by atoms with Gasteiger partial charge in [0, 0.05) is 31.1 Å². The number of carbonyl (C=O) groups is 3. The average molecular weight is 463 g/mol. The number of hydrogen-bond donors (Lipinski definition) is 0. The van der Waals surface area contributed by atoms with E-state index in [4.69, 9.17) is 0 Å². The lowest BCUT2D eigenvalue weighted by Crippen LogP contribution is -2.58. The quantitative estimate of drug-likeness (QED) is 0.614. The van der Waals surface area contributed by atoms with Crippen LogP contribution in [0, 0.1) is 36.0 Å². The number of hydrogen-bond acceptors (Lipinski definition) is 3. The number of aryl methyl sites for hydroxylation is 1. The van der Waals surface area contributed by atoms with E-state index in [9.17, 15) is 14.4 Å². The van der Waals surface area contributed by atoms with Crippen molar-refractivity contribution in [1.82, 2.24) is 9.80 Å². The summed E-state index contributed by atoms with van der Waals surface area (Å²) in [4.78, 5) is 44.4. The van der Waals surface area contributed by atoms with Crippen LogP contribution in [-0.4, -0.2) is 53.1 Å². The summed E-state index contributed by atoms with van der Waals surface area (Å²) in [5, 5.41) is 0. The van der Waals surface area contributed by atoms with Gasteiger partial charge in [0.05, 0.1) is 5.41 Å². The van der Waals surface area contributed by atoms with Gasteiger partial charge in [0.15, 0.2) is 5.78 Å². The second kappa shape index (κ2) is 8.49. The van der Waals surface area contributed by atoms with Crippen molar-refractivity contribution in [2.24, 2.45) is 29.1 Å². The van der Waals surface area contributed by atoms with Crippen molar-refractivity contribution in [3.8, 4) is 0 Å². The van der Waals surface area contributed by atoms with Gasteiger partial charge in [-0.2, -0.15) is 0 Å². The highest BCUT2D eigenvalue weighted by Gasteiger charge is 2.57. The fourth-order valence-corrected chi connectivity index (χ4v) is 8.47. The Bertz CT molecular complexity index is 940. The first-order chi connectivity index (χ1) is 16.4. The Labute approximate surface area is 203 Å². The first-order valence-electron chi connectivity index (χ1n) is 13.6. The summed E-state index contributed by atoms with van der Waals surface area (Å²) in [6, 6.07) is 7.52. The highest BCUT2D eigenvalue weighted by molar-refractivity contribution is 5.98. The fourth-order valence-electron chi connectivity index (χ4n) is 8.47. The van der Waals surface area contributed by atoms with Gasteiger partial charge in [-0.15, -0.1) is 0 Å². The molecule has 1 atom stereocenters. The van der Waals surface area contributed by atoms with Gasteiger partial charge in [0.2, 0.25) is 11.8 Å². The Morgan fingerprint density at radius 1 is 0.824 bits per heavy atom. The number of piperidine rings is 1. The summed E-state index contributed by atoms with van der Waals surface area (Å²) < 4.78 is 0. The molecule has 6 aliphatic rings. The van der Waals surface area contributed by atoms with E-state index in [1.807, 2.05) is 41.0 Å². The standard InChI is InChI=1S/C29H38N2O3/c1-19-4-6-23(7-5-19)26(32)24-8-11-30(12-9-24)27(33)25-3-2-10-31(25)28(34)29-16-20-13-21(17-29)15-22(14-20)18-29/h4-7,20-22,24-25H,2-3,8-18H2,1H3. The zero-order valence-electron chi connectivity index (χ0n) is 20.5. The molecular weight excluding hydrogens is 424 g/mol. The predicted molar refractivity (Wildman–Crippen MR) is 130 cm³/mol. The number of benzene rings is 1. The maximum atomic E-state index is 13.9. The van der Waals surface area contributed by atoms with Crippen molar-refractivity contribution in [2.45, 2.75) is 77.2 Å². The van der Waals surface area contributed by atoms with Crippen LogP contribution in [0.3, 0.4) is 0 Å². The molecule has 6 fully saturated rings. The first-order valence-corrected chi connectivity index (χ1v) is 13.6. The molecule has 0 radical (unpaired) electrons. The summed E-state index contributed by atoms with van der Waals surface area (Å²) in [6.07, 6.45) is 10.3. The van der Waals surface area contributed by atoms with E-state index in [1.54, 1.807) is 0 Å². The molecule has 34 heavy (non-hydrogen) atoms. The Morgan fingerprint density at radius 2 is 1.41 bits per heavy atom. The van der Waals surface area contributed by atoms with Crippen LogP contribution in [0.15, 0.2) is 24.3 Å². The maximum absolute atomic E-state index is 13.9. The summed E-state index contributed by atoms with van der Waals surface area (Å²) in [5.41, 5.74) is 1.75. The molecule has 2 saturated heterocycles. The van der Waals surface area contributed by atoms with E-state index < -0.39 is 0 Å². The minimum Gasteiger partial charge on any atom is -0.341 e. The zero-order chi connectivity index (χ0) is 23.4. The molecule has 7 rings (SSSR count). The molecule has 4 saturated carbocycles. The Hall–Kier alpha value is -2.17. The van der Waals surface area contributed by atoms with Gasteiger partial charge in [0.25, 0.3) is 0 Å². The third-order valence-corrected chi connectivity index (χ3v) is 9.80. The summed E-state index contributed by atoms with van der Waals surface area (Å²) in [7, 11) is 0. The number of rotatable bonds is 4. The summed E-state index contributed by atoms with van der Waals surface area (Å²) in [5.74, 6) is 2.81. The van der Waals surface area contributed by atoms with Crippen LogP contribution in [0.5, 0.6) is 0 Å². The molecule has 0 N–H and O–H groups in total. The molecular formula is C29H38N2O3. The molecule has 1 aromatic rings. The third kappa shape index (κ3) is 3.79. The van der Waals surface area contributed by atoms with Gasteiger partial charge in [-0.3, -0.25) is 14.4 Å². The molecule has 0 aromatic heterocycles. The number of ketones is 1. The number of amides is 2. The molecule has 1 unspecified atom stereocenters. The van der Waals surface area contributed by atoms with E-state index in [2.05, 4.69) is 0 Å². The molecule has 182 valence electrons. The van der Waals surface area contributed by atoms with Gasteiger partial charge in [-0.1, -0.05) is 29.8 Å². The zero-order valence-corrected chi connectivity index (χ0v) is 20.5. The van der Waals surface area contributed by atoms with Crippen molar-refractivity contribution >= 4 is 17.6 Å². The maximum Gasteiger partial charge on any atom is 0.245 e. The molecule has 1 aromatic carbocycles. The van der Waals surface area contributed by atoms with E-state index in [0.717, 1.165) is 67.5 Å². The van der Waals surface area contributed by atoms with Gasteiger partial charge < -0.3 is 9.80 Å². The third-order valence-electron chi connectivity index (χ3n) is 9.80. The lowest BCUT2D eigenvalue weighted by Gasteiger charge is -2.56. The number of Topliss-reactive ketones (excluding diaryl/α,β-unsaturated/α-hetero) is 1. The minimum atomic E-state index is -0.287. The highest BCUT2D eigenvalue weighted by Crippen LogP contribution is 2.60. The van der Waals surface area contributed by atoms with Crippen LogP contribution < -0.4 is 0 Å². The van der Waals surface area contributed by atoms with Crippen LogP contribution >= 0.6 is 0 Å². The molecule has 5 heteroatoms. The van der Waals surface area contributed by atoms with Crippen molar-refractivity contribution in [3.05, 3.63) is 35.4 Å². The van der Waals surface area contributed by atoms with Crippen LogP contribution in [0.25, 0.3) is 0 Å². The minimum absolute atomic E-state index is 0.0138. The van der Waals surface area contributed by atoms with Crippen molar-refractivity contribution in [1.29, 1.82) is 0 Å². The average Bonchev–Trinajstić information content (AvgIpc) is 3.32. The van der Waals surface area contributed by atoms with Crippen LogP contribution in [0.4, 0.5) is 0 Å². The van der Waals surface area contributed by atoms with Crippen LogP contribution in [0.1, 0.15) is 80.1 Å². The lowest BCUT2D eigenvalue weighted by atomic mass is 9.49. The van der Waals surface area contributed by atoms with E-state index in [-0.39, 0.29) is 29.1 Å². The molecule has 2 heterocycles. The normalized spacial score (nSPS) is 35.1. The molecule has 0 spiro atoms. The van der Waals surface area contributed by atoms with Crippen LogP contribution in [-0.2, 0) is 9.59 Å². The SMILES string of the molecule is Cc1ccc(C(=O)C2CCN(C(=O)C3CCCN3C(=O)C34CC5CC(CC(C5)C3)C4)CC2)cc1. The summed E-state index contributed by atoms with van der Waals surface area (Å²) >= 11 is 0. The van der Waals surface area contributed by atoms with E-state index in [1.165, 1.54) is 19.3 Å². The number of carbonyl (C=O) groups excluding carboxylic acids is 3. The van der Waals surface area contributed by atoms with Gasteiger partial charge in [0.1, 0.15) is 6.04 Å². The molecule has 4 bridgehead atoms. The second-order valence-electron chi connectivity index (χ2n) is 12.2. The topological polar surface area (TPSA) is 57.7 Å². The first kappa shape index (κ1) is 22.3. The number of likely N-dealkylation sites (tertiary alicyclic amines) is 2. The van der Waals surface area contributed by atoms with E-state index >= 15 is 0 Å². The Morgan fingerprint density at radius 3 is 2.00 bits per heavy atom. The van der Waals surface area contributed by atoms with Crippen molar-refractivity contribution in [2.75, 3.05) is 19.6 Å².